The summed E-state index contributed by atoms with van der Waals surface area (Å²) in [6.45, 7) is 3.09. The molecule has 0 unspecified atom stereocenters. The molecular weight excluding hydrogens is 367 g/mol. The van der Waals surface area contributed by atoms with E-state index >= 15 is 0 Å². The van der Waals surface area contributed by atoms with E-state index in [9.17, 15) is 4.79 Å². The smallest absolute Gasteiger partial charge is 0.227 e. The maximum Gasteiger partial charge on any atom is 0.227 e. The van der Waals surface area contributed by atoms with Crippen molar-refractivity contribution in [1.82, 2.24) is 9.80 Å². The molecule has 1 amide bonds. The van der Waals surface area contributed by atoms with E-state index in [0.29, 0.717) is 16.5 Å². The first-order valence-electron chi connectivity index (χ1n) is 9.01. The van der Waals surface area contributed by atoms with Crippen LogP contribution in [0.4, 0.5) is 0 Å². The lowest BCUT2D eigenvalue weighted by molar-refractivity contribution is -0.131. The number of nitrogens with zero attached hydrogens (tertiary/aromatic N) is 2. The highest BCUT2D eigenvalue weighted by atomic mass is 35.5. The Labute approximate surface area is 165 Å². The molecule has 138 valence electrons. The van der Waals surface area contributed by atoms with Crippen molar-refractivity contribution in [2.45, 2.75) is 25.3 Å². The first-order chi connectivity index (χ1) is 12.5. The van der Waals surface area contributed by atoms with Crippen LogP contribution in [0, 0.1) is 0 Å². The van der Waals surface area contributed by atoms with Crippen molar-refractivity contribution in [1.29, 1.82) is 0 Å². The topological polar surface area (TPSA) is 23.6 Å². The second-order valence-corrected chi connectivity index (χ2v) is 7.68. The molecule has 1 aliphatic rings. The molecule has 0 radical (unpaired) electrons. The Bertz CT molecular complexity index is 745. The van der Waals surface area contributed by atoms with Crippen LogP contribution in [0.15, 0.2) is 48.5 Å². The number of hydrogen-bond acceptors (Lipinski definition) is 2. The lowest BCUT2D eigenvalue weighted by atomic mass is 10.0. The monoisotopic (exact) mass is 390 g/mol. The van der Waals surface area contributed by atoms with E-state index in [-0.39, 0.29) is 11.9 Å². The van der Waals surface area contributed by atoms with Gasteiger partial charge in [0.1, 0.15) is 0 Å². The molecule has 0 saturated carbocycles. The highest BCUT2D eigenvalue weighted by molar-refractivity contribution is 6.42. The number of benzene rings is 2. The van der Waals surface area contributed by atoms with Crippen LogP contribution in [0.3, 0.4) is 0 Å². The lowest BCUT2D eigenvalue weighted by Gasteiger charge is -2.32. The van der Waals surface area contributed by atoms with Crippen LogP contribution in [0.1, 0.15) is 30.0 Å². The fourth-order valence-electron chi connectivity index (χ4n) is 3.46. The third kappa shape index (κ3) is 4.79. The second kappa shape index (κ2) is 8.90. The molecule has 0 bridgehead atoms. The maximum absolute atomic E-state index is 12.9. The zero-order valence-electron chi connectivity index (χ0n) is 15.0. The average Bonchev–Trinajstić information content (AvgIpc) is 3.16. The van der Waals surface area contributed by atoms with Gasteiger partial charge in [0.25, 0.3) is 0 Å². The third-order valence-corrected chi connectivity index (χ3v) is 5.75. The van der Waals surface area contributed by atoms with E-state index in [4.69, 9.17) is 23.2 Å². The summed E-state index contributed by atoms with van der Waals surface area (Å²) in [5.74, 6) is 0.0800. The van der Waals surface area contributed by atoms with Crippen molar-refractivity contribution in [3.8, 4) is 0 Å². The number of rotatable bonds is 6. The van der Waals surface area contributed by atoms with Crippen LogP contribution >= 0.6 is 23.2 Å². The molecule has 2 aromatic rings. The Morgan fingerprint density at radius 2 is 1.77 bits per heavy atom. The number of amides is 1. The summed E-state index contributed by atoms with van der Waals surface area (Å²) in [7, 11) is 1.90. The summed E-state index contributed by atoms with van der Waals surface area (Å²) in [5.41, 5.74) is 2.05. The van der Waals surface area contributed by atoms with Crippen LogP contribution in [0.2, 0.25) is 10.0 Å². The molecule has 5 heteroatoms. The van der Waals surface area contributed by atoms with Crippen LogP contribution in [0.25, 0.3) is 0 Å². The summed E-state index contributed by atoms with van der Waals surface area (Å²) >= 11 is 12.1. The third-order valence-electron chi connectivity index (χ3n) is 5.01. The molecule has 0 N–H and O–H groups in total. The summed E-state index contributed by atoms with van der Waals surface area (Å²) < 4.78 is 0. The van der Waals surface area contributed by atoms with Crippen molar-refractivity contribution in [2.24, 2.45) is 0 Å². The molecule has 1 atom stereocenters. The Morgan fingerprint density at radius 3 is 2.42 bits per heavy atom. The van der Waals surface area contributed by atoms with Gasteiger partial charge in [0, 0.05) is 13.6 Å². The van der Waals surface area contributed by atoms with Gasteiger partial charge in [-0.3, -0.25) is 4.79 Å². The lowest BCUT2D eigenvalue weighted by Crippen LogP contribution is -2.39. The van der Waals surface area contributed by atoms with Crippen molar-refractivity contribution in [3.05, 3.63) is 69.7 Å². The molecule has 3 nitrogen and oxygen atoms in total. The number of likely N-dealkylation sites (N-methyl/N-ethyl adjacent to an activating group) is 1. The van der Waals surface area contributed by atoms with Gasteiger partial charge in [-0.25, -0.2) is 0 Å². The number of carbonyl (C=O) groups is 1. The van der Waals surface area contributed by atoms with Crippen LogP contribution in [-0.2, 0) is 11.2 Å². The Hall–Kier alpha value is -1.55. The quantitative estimate of drug-likeness (QED) is 0.704. The van der Waals surface area contributed by atoms with Gasteiger partial charge < -0.3 is 9.80 Å². The van der Waals surface area contributed by atoms with Crippen molar-refractivity contribution < 1.29 is 4.79 Å². The molecular formula is C21H24Cl2N2O. The SMILES string of the molecule is CN(C(=O)Cc1ccc(Cl)c(Cl)c1)[C@@H](CN1CCCC1)c1ccccc1. The first kappa shape index (κ1) is 19.2. The van der Waals surface area contributed by atoms with Gasteiger partial charge in [-0.2, -0.15) is 0 Å². The van der Waals surface area contributed by atoms with Gasteiger partial charge in [0.2, 0.25) is 5.91 Å². The normalized spacial score (nSPS) is 15.8. The van der Waals surface area contributed by atoms with E-state index < -0.39 is 0 Å². The van der Waals surface area contributed by atoms with Crippen molar-refractivity contribution in [2.75, 3.05) is 26.7 Å². The van der Waals surface area contributed by atoms with E-state index in [1.165, 1.54) is 18.4 Å². The Balaban J connectivity index is 1.75. The van der Waals surface area contributed by atoms with Gasteiger partial charge in [0.05, 0.1) is 22.5 Å². The molecule has 26 heavy (non-hydrogen) atoms. The molecule has 0 aliphatic carbocycles. The van der Waals surface area contributed by atoms with E-state index in [2.05, 4.69) is 17.0 Å². The van der Waals surface area contributed by atoms with Gasteiger partial charge in [-0.05, 0) is 49.2 Å². The number of halogens is 2. The second-order valence-electron chi connectivity index (χ2n) is 6.86. The van der Waals surface area contributed by atoms with Crippen LogP contribution in [-0.4, -0.2) is 42.4 Å². The summed E-state index contributed by atoms with van der Waals surface area (Å²) in [5, 5.41) is 0.990. The molecule has 0 spiro atoms. The molecule has 3 rings (SSSR count). The molecule has 1 saturated heterocycles. The molecule has 1 heterocycles. The fraction of sp³-hybridized carbons (Fsp3) is 0.381. The Morgan fingerprint density at radius 1 is 1.08 bits per heavy atom. The van der Waals surface area contributed by atoms with Crippen LogP contribution < -0.4 is 0 Å². The average molecular weight is 391 g/mol. The predicted octanol–water partition coefficient (Wildman–Crippen LogP) is 4.83. The van der Waals surface area contributed by atoms with Gasteiger partial charge >= 0.3 is 0 Å². The molecule has 0 aromatic heterocycles. The highest BCUT2D eigenvalue weighted by Gasteiger charge is 2.25. The largest absolute Gasteiger partial charge is 0.337 e. The number of carbonyl (C=O) groups excluding carboxylic acids is 1. The predicted molar refractivity (Wildman–Crippen MR) is 108 cm³/mol. The van der Waals surface area contributed by atoms with Crippen molar-refractivity contribution >= 4 is 29.1 Å². The van der Waals surface area contributed by atoms with Gasteiger partial charge in [-0.1, -0.05) is 59.6 Å². The van der Waals surface area contributed by atoms with Gasteiger partial charge in [0.15, 0.2) is 0 Å². The van der Waals surface area contributed by atoms with E-state index in [1.54, 1.807) is 12.1 Å². The molecule has 1 aliphatic heterocycles. The standard InChI is InChI=1S/C21H24Cl2N2O/c1-24(21(26)14-16-9-10-18(22)19(23)13-16)20(15-25-11-5-6-12-25)17-7-3-2-4-8-17/h2-4,7-10,13,20H,5-6,11-12,14-15H2,1H3/t20-/m0/s1. The Kier molecular flexibility index (Phi) is 6.58. The summed E-state index contributed by atoms with van der Waals surface area (Å²) in [6.07, 6.45) is 2.79. The summed E-state index contributed by atoms with van der Waals surface area (Å²) in [4.78, 5) is 17.2. The minimum atomic E-state index is 0.0459. The summed E-state index contributed by atoms with van der Waals surface area (Å²) in [6, 6.07) is 15.7. The fourth-order valence-corrected chi connectivity index (χ4v) is 3.78. The van der Waals surface area contributed by atoms with Crippen molar-refractivity contribution in [3.63, 3.8) is 0 Å². The maximum atomic E-state index is 12.9. The van der Waals surface area contributed by atoms with E-state index in [1.807, 2.05) is 36.2 Å². The number of hydrogen-bond donors (Lipinski definition) is 0. The minimum Gasteiger partial charge on any atom is -0.337 e. The highest BCUT2D eigenvalue weighted by Crippen LogP contribution is 2.26. The zero-order chi connectivity index (χ0) is 18.5. The first-order valence-corrected chi connectivity index (χ1v) is 9.77. The van der Waals surface area contributed by atoms with Crippen LogP contribution in [0.5, 0.6) is 0 Å². The van der Waals surface area contributed by atoms with Gasteiger partial charge in [-0.15, -0.1) is 0 Å². The minimum absolute atomic E-state index is 0.0459. The zero-order valence-corrected chi connectivity index (χ0v) is 16.5. The number of likely N-dealkylation sites (tertiary alicyclic amines) is 1. The van der Waals surface area contributed by atoms with E-state index in [0.717, 1.165) is 25.2 Å². The molecule has 2 aromatic carbocycles. The molecule has 1 fully saturated rings.